The standard InChI is InChI=1S/C13H11Br2ClN2/c1-18(8-9-3-2-4-11(16)5-9)13-12(15)6-10(14)7-17-13/h2-7H,8H2,1H3. The van der Waals surface area contributed by atoms with Gasteiger partial charge in [-0.1, -0.05) is 23.7 Å². The Morgan fingerprint density at radius 1 is 1.28 bits per heavy atom. The Kier molecular flexibility index (Phi) is 4.65. The normalized spacial score (nSPS) is 10.4. The summed E-state index contributed by atoms with van der Waals surface area (Å²) in [5, 5.41) is 0.753. The molecule has 0 aliphatic carbocycles. The number of benzene rings is 1. The first-order valence-corrected chi connectivity index (χ1v) is 7.29. The molecule has 0 N–H and O–H groups in total. The summed E-state index contributed by atoms with van der Waals surface area (Å²) in [5.74, 6) is 0.901. The van der Waals surface area contributed by atoms with Gasteiger partial charge in [0.15, 0.2) is 0 Å². The van der Waals surface area contributed by atoms with E-state index in [1.165, 1.54) is 0 Å². The van der Waals surface area contributed by atoms with Crippen LogP contribution in [0.1, 0.15) is 5.56 Å². The lowest BCUT2D eigenvalue weighted by Crippen LogP contribution is -2.18. The number of pyridine rings is 1. The second-order valence-electron chi connectivity index (χ2n) is 3.94. The van der Waals surface area contributed by atoms with Gasteiger partial charge in [0.05, 0.1) is 4.47 Å². The SMILES string of the molecule is CN(Cc1cccc(Cl)c1)c1ncc(Br)cc1Br. The first kappa shape index (κ1) is 13.8. The van der Waals surface area contributed by atoms with Crippen LogP contribution in [0.3, 0.4) is 0 Å². The fourth-order valence-electron chi connectivity index (χ4n) is 1.67. The predicted octanol–water partition coefficient (Wildman–Crippen LogP) is 4.90. The summed E-state index contributed by atoms with van der Waals surface area (Å²) in [5.41, 5.74) is 1.15. The molecule has 0 aliphatic heterocycles. The average Bonchev–Trinajstić information content (AvgIpc) is 2.28. The van der Waals surface area contributed by atoms with Gasteiger partial charge in [-0.25, -0.2) is 4.98 Å². The lowest BCUT2D eigenvalue weighted by Gasteiger charge is -2.19. The smallest absolute Gasteiger partial charge is 0.142 e. The highest BCUT2D eigenvalue weighted by Crippen LogP contribution is 2.27. The van der Waals surface area contributed by atoms with Crippen molar-refractivity contribution in [3.8, 4) is 0 Å². The zero-order valence-corrected chi connectivity index (χ0v) is 13.6. The van der Waals surface area contributed by atoms with E-state index in [2.05, 4.69) is 47.8 Å². The summed E-state index contributed by atoms with van der Waals surface area (Å²) in [6.07, 6.45) is 1.79. The van der Waals surface area contributed by atoms with Crippen LogP contribution in [0.15, 0.2) is 45.5 Å². The van der Waals surface area contributed by atoms with Crippen molar-refractivity contribution in [2.24, 2.45) is 0 Å². The van der Waals surface area contributed by atoms with Crippen LogP contribution >= 0.6 is 43.5 Å². The van der Waals surface area contributed by atoms with Gasteiger partial charge < -0.3 is 4.90 Å². The summed E-state index contributed by atoms with van der Waals surface area (Å²) in [4.78, 5) is 6.47. The van der Waals surface area contributed by atoms with Crippen LogP contribution in [0.5, 0.6) is 0 Å². The van der Waals surface area contributed by atoms with E-state index in [1.807, 2.05) is 31.3 Å². The van der Waals surface area contributed by atoms with E-state index < -0.39 is 0 Å². The molecule has 0 aliphatic rings. The number of anilines is 1. The molecule has 1 heterocycles. The van der Waals surface area contributed by atoms with Crippen molar-refractivity contribution in [1.82, 2.24) is 4.98 Å². The minimum absolute atomic E-state index is 0.753. The van der Waals surface area contributed by atoms with E-state index in [0.29, 0.717) is 0 Å². The number of halogens is 3. The van der Waals surface area contributed by atoms with Crippen molar-refractivity contribution >= 4 is 49.3 Å². The number of hydrogen-bond acceptors (Lipinski definition) is 2. The molecule has 2 rings (SSSR count). The third-order valence-electron chi connectivity index (χ3n) is 2.46. The molecule has 2 aromatic rings. The summed E-state index contributed by atoms with van der Waals surface area (Å²) in [6, 6.07) is 9.82. The summed E-state index contributed by atoms with van der Waals surface area (Å²) >= 11 is 12.9. The minimum atomic E-state index is 0.753. The molecule has 0 saturated carbocycles. The van der Waals surface area contributed by atoms with Gasteiger partial charge in [-0.05, 0) is 55.6 Å². The maximum Gasteiger partial charge on any atom is 0.142 e. The van der Waals surface area contributed by atoms with Crippen molar-refractivity contribution < 1.29 is 0 Å². The zero-order valence-electron chi connectivity index (χ0n) is 9.70. The van der Waals surface area contributed by atoms with Crippen LogP contribution in [0.25, 0.3) is 0 Å². The highest BCUT2D eigenvalue weighted by atomic mass is 79.9. The Morgan fingerprint density at radius 3 is 2.72 bits per heavy atom. The van der Waals surface area contributed by atoms with Gasteiger partial charge in [-0.2, -0.15) is 0 Å². The third kappa shape index (κ3) is 3.46. The average molecular weight is 391 g/mol. The Bertz CT molecular complexity index is 560. The molecule has 0 unspecified atom stereocenters. The fourth-order valence-corrected chi connectivity index (χ4v) is 3.18. The molecule has 0 amide bonds. The predicted molar refractivity (Wildman–Crippen MR) is 83.2 cm³/mol. The van der Waals surface area contributed by atoms with Crippen LogP contribution in [-0.2, 0) is 6.54 Å². The highest BCUT2D eigenvalue weighted by molar-refractivity contribution is 9.11. The van der Waals surface area contributed by atoms with Gasteiger partial charge in [-0.15, -0.1) is 0 Å². The van der Waals surface area contributed by atoms with Crippen LogP contribution in [-0.4, -0.2) is 12.0 Å². The quantitative estimate of drug-likeness (QED) is 0.741. The first-order chi connectivity index (χ1) is 8.56. The monoisotopic (exact) mass is 388 g/mol. The molecule has 0 bridgehead atoms. The van der Waals surface area contributed by atoms with Crippen LogP contribution in [0, 0.1) is 0 Å². The van der Waals surface area contributed by atoms with Crippen LogP contribution in [0.2, 0.25) is 5.02 Å². The van der Waals surface area contributed by atoms with E-state index >= 15 is 0 Å². The molecule has 0 saturated heterocycles. The van der Waals surface area contributed by atoms with Gasteiger partial charge in [0, 0.05) is 29.3 Å². The van der Waals surface area contributed by atoms with Gasteiger partial charge in [0.1, 0.15) is 5.82 Å². The van der Waals surface area contributed by atoms with E-state index in [4.69, 9.17) is 11.6 Å². The van der Waals surface area contributed by atoms with E-state index in [0.717, 1.165) is 31.9 Å². The third-order valence-corrected chi connectivity index (χ3v) is 3.71. The molecule has 0 radical (unpaired) electrons. The van der Waals surface area contributed by atoms with Crippen molar-refractivity contribution in [2.45, 2.75) is 6.54 Å². The molecule has 2 nitrogen and oxygen atoms in total. The van der Waals surface area contributed by atoms with Crippen molar-refractivity contribution in [3.05, 3.63) is 56.1 Å². The molecule has 5 heteroatoms. The second kappa shape index (κ2) is 6.04. The van der Waals surface area contributed by atoms with Gasteiger partial charge >= 0.3 is 0 Å². The molecule has 1 aromatic heterocycles. The molecule has 18 heavy (non-hydrogen) atoms. The largest absolute Gasteiger partial charge is 0.354 e. The van der Waals surface area contributed by atoms with Crippen molar-refractivity contribution in [3.63, 3.8) is 0 Å². The van der Waals surface area contributed by atoms with E-state index in [9.17, 15) is 0 Å². The van der Waals surface area contributed by atoms with Gasteiger partial charge in [0.25, 0.3) is 0 Å². The first-order valence-electron chi connectivity index (χ1n) is 5.33. The van der Waals surface area contributed by atoms with Crippen molar-refractivity contribution in [2.75, 3.05) is 11.9 Å². The molecule has 0 fully saturated rings. The Labute approximate surface area is 128 Å². The van der Waals surface area contributed by atoms with E-state index in [-0.39, 0.29) is 0 Å². The Hall–Kier alpha value is -0.580. The molecular weight excluding hydrogens is 379 g/mol. The zero-order chi connectivity index (χ0) is 13.1. The minimum Gasteiger partial charge on any atom is -0.354 e. The Morgan fingerprint density at radius 2 is 2.06 bits per heavy atom. The molecule has 1 aromatic carbocycles. The molecule has 0 spiro atoms. The van der Waals surface area contributed by atoms with E-state index in [1.54, 1.807) is 6.20 Å². The van der Waals surface area contributed by atoms with Crippen LogP contribution < -0.4 is 4.90 Å². The highest BCUT2D eigenvalue weighted by Gasteiger charge is 2.08. The maximum atomic E-state index is 5.98. The molecular formula is C13H11Br2ClN2. The van der Waals surface area contributed by atoms with Crippen molar-refractivity contribution in [1.29, 1.82) is 0 Å². The lowest BCUT2D eigenvalue weighted by molar-refractivity contribution is 0.893. The van der Waals surface area contributed by atoms with Gasteiger partial charge in [-0.3, -0.25) is 0 Å². The van der Waals surface area contributed by atoms with Gasteiger partial charge in [0.2, 0.25) is 0 Å². The number of hydrogen-bond donors (Lipinski definition) is 0. The summed E-state index contributed by atoms with van der Waals surface area (Å²) in [6.45, 7) is 0.758. The summed E-state index contributed by atoms with van der Waals surface area (Å²) < 4.78 is 1.91. The topological polar surface area (TPSA) is 16.1 Å². The number of aromatic nitrogens is 1. The maximum absolute atomic E-state index is 5.98. The second-order valence-corrected chi connectivity index (χ2v) is 6.15. The number of nitrogens with zero attached hydrogens (tertiary/aromatic N) is 2. The molecule has 0 atom stereocenters. The van der Waals surface area contributed by atoms with Crippen LogP contribution in [0.4, 0.5) is 5.82 Å². The number of rotatable bonds is 3. The Balaban J connectivity index is 2.19. The molecule has 94 valence electrons. The fraction of sp³-hybridized carbons (Fsp3) is 0.154. The lowest BCUT2D eigenvalue weighted by atomic mass is 10.2. The summed E-state index contributed by atoms with van der Waals surface area (Å²) in [7, 11) is 2.00.